The summed E-state index contributed by atoms with van der Waals surface area (Å²) in [6, 6.07) is 2.07. The average Bonchev–Trinajstić information content (AvgIpc) is 2.37. The van der Waals surface area contributed by atoms with E-state index in [0.717, 1.165) is 16.8 Å². The second kappa shape index (κ2) is 5.51. The van der Waals surface area contributed by atoms with Crippen molar-refractivity contribution in [1.82, 2.24) is 20.4 Å². The molecule has 1 aliphatic rings. The van der Waals surface area contributed by atoms with Crippen LogP contribution in [0.4, 0.5) is 0 Å². The lowest BCUT2D eigenvalue weighted by Gasteiger charge is -2.23. The van der Waals surface area contributed by atoms with E-state index in [1.54, 1.807) is 0 Å². The highest BCUT2D eigenvalue weighted by atomic mass is 16.2. The Labute approximate surface area is 107 Å². The summed E-state index contributed by atoms with van der Waals surface area (Å²) in [4.78, 5) is 45.1. The van der Waals surface area contributed by atoms with Crippen molar-refractivity contribution in [3.8, 4) is 0 Å². The molecule has 1 aliphatic heterocycles. The van der Waals surface area contributed by atoms with Gasteiger partial charge in [-0.3, -0.25) is 24.3 Å². The number of nitrogens with zero attached hydrogens (tertiary/aromatic N) is 1. The van der Waals surface area contributed by atoms with Crippen molar-refractivity contribution in [2.45, 2.75) is 25.4 Å². The molecule has 0 aromatic carbocycles. The van der Waals surface area contributed by atoms with Crippen LogP contribution in [0.2, 0.25) is 0 Å². The number of amides is 2. The number of aromatic amines is 1. The van der Waals surface area contributed by atoms with Crippen LogP contribution in [-0.4, -0.2) is 34.2 Å². The molecule has 1 aromatic heterocycles. The molecule has 1 unspecified atom stereocenters. The molecular formula is C11H14N4O4. The number of H-pyrrole nitrogens is 1. The number of nitrogens with one attached hydrogen (secondary N) is 3. The average molecular weight is 266 g/mol. The third-order valence-corrected chi connectivity index (χ3v) is 2.82. The lowest BCUT2D eigenvalue weighted by molar-refractivity contribution is -0.126. The molecule has 0 spiro atoms. The van der Waals surface area contributed by atoms with Gasteiger partial charge in [-0.2, -0.15) is 0 Å². The summed E-state index contributed by atoms with van der Waals surface area (Å²) in [5.41, 5.74) is -0.899. The van der Waals surface area contributed by atoms with E-state index >= 15 is 0 Å². The molecule has 102 valence electrons. The van der Waals surface area contributed by atoms with Crippen LogP contribution in [0.1, 0.15) is 12.8 Å². The van der Waals surface area contributed by atoms with E-state index in [1.807, 2.05) is 0 Å². The molecule has 1 fully saturated rings. The maximum atomic E-state index is 11.7. The van der Waals surface area contributed by atoms with Crippen molar-refractivity contribution >= 4 is 11.8 Å². The maximum Gasteiger partial charge on any atom is 0.265 e. The van der Waals surface area contributed by atoms with Gasteiger partial charge in [0.15, 0.2) is 0 Å². The third kappa shape index (κ3) is 3.54. The Morgan fingerprint density at radius 2 is 2.16 bits per heavy atom. The Kier molecular flexibility index (Phi) is 3.79. The number of piperidine rings is 1. The predicted octanol–water partition coefficient (Wildman–Crippen LogP) is -2.07. The quantitative estimate of drug-likeness (QED) is 0.583. The van der Waals surface area contributed by atoms with Gasteiger partial charge < -0.3 is 10.6 Å². The van der Waals surface area contributed by atoms with E-state index in [-0.39, 0.29) is 24.4 Å². The van der Waals surface area contributed by atoms with Crippen molar-refractivity contribution in [1.29, 1.82) is 0 Å². The summed E-state index contributed by atoms with van der Waals surface area (Å²) >= 11 is 0. The minimum Gasteiger partial charge on any atom is -0.354 e. The molecule has 2 heterocycles. The van der Waals surface area contributed by atoms with Gasteiger partial charge in [0, 0.05) is 31.1 Å². The Bertz CT molecular complexity index is 593. The summed E-state index contributed by atoms with van der Waals surface area (Å²) in [5, 5.41) is 7.61. The predicted molar refractivity (Wildman–Crippen MR) is 65.5 cm³/mol. The molecule has 0 radical (unpaired) electrons. The van der Waals surface area contributed by atoms with Crippen molar-refractivity contribution in [3.05, 3.63) is 32.8 Å². The van der Waals surface area contributed by atoms with Crippen LogP contribution >= 0.6 is 0 Å². The van der Waals surface area contributed by atoms with Gasteiger partial charge in [0.1, 0.15) is 6.54 Å². The second-order valence-electron chi connectivity index (χ2n) is 4.34. The van der Waals surface area contributed by atoms with Gasteiger partial charge >= 0.3 is 0 Å². The van der Waals surface area contributed by atoms with Crippen LogP contribution in [0.5, 0.6) is 0 Å². The van der Waals surface area contributed by atoms with Crippen LogP contribution in [-0.2, 0) is 16.1 Å². The van der Waals surface area contributed by atoms with Gasteiger partial charge in [0.05, 0.1) is 0 Å². The van der Waals surface area contributed by atoms with Gasteiger partial charge in [-0.15, -0.1) is 0 Å². The summed E-state index contributed by atoms with van der Waals surface area (Å²) in [6.45, 7) is 0.129. The molecule has 8 nitrogen and oxygen atoms in total. The fraction of sp³-hybridized carbons (Fsp3) is 0.455. The number of carbonyl (C=O) groups excluding carboxylic acids is 2. The first-order valence-electron chi connectivity index (χ1n) is 5.91. The smallest absolute Gasteiger partial charge is 0.265 e. The normalized spacial score (nSPS) is 18.7. The van der Waals surface area contributed by atoms with Crippen molar-refractivity contribution in [2.24, 2.45) is 0 Å². The SMILES string of the molecule is O=C1CCC(NC(=O)Cn2[nH]c(=O)ccc2=O)CN1. The first kappa shape index (κ1) is 13.1. The molecule has 2 rings (SSSR count). The zero-order chi connectivity index (χ0) is 13.8. The third-order valence-electron chi connectivity index (χ3n) is 2.82. The highest BCUT2D eigenvalue weighted by Gasteiger charge is 2.19. The topological polar surface area (TPSA) is 113 Å². The molecule has 0 bridgehead atoms. The summed E-state index contributed by atoms with van der Waals surface area (Å²) in [6.07, 6.45) is 0.935. The van der Waals surface area contributed by atoms with E-state index in [0.29, 0.717) is 19.4 Å². The minimum absolute atomic E-state index is 0.0332. The molecule has 3 N–H and O–H groups in total. The van der Waals surface area contributed by atoms with E-state index in [9.17, 15) is 19.2 Å². The minimum atomic E-state index is -0.452. The first-order chi connectivity index (χ1) is 9.04. The largest absolute Gasteiger partial charge is 0.354 e. The van der Waals surface area contributed by atoms with Gasteiger partial charge in [0.2, 0.25) is 11.8 Å². The molecule has 2 amide bonds. The van der Waals surface area contributed by atoms with Crippen LogP contribution < -0.4 is 21.8 Å². The van der Waals surface area contributed by atoms with Crippen molar-refractivity contribution < 1.29 is 9.59 Å². The number of hydrogen-bond donors (Lipinski definition) is 3. The Balaban J connectivity index is 1.94. The van der Waals surface area contributed by atoms with Crippen molar-refractivity contribution in [3.63, 3.8) is 0 Å². The molecule has 0 aliphatic carbocycles. The Morgan fingerprint density at radius 3 is 2.84 bits per heavy atom. The fourth-order valence-corrected chi connectivity index (χ4v) is 1.85. The van der Waals surface area contributed by atoms with Gasteiger partial charge in [0.25, 0.3) is 11.1 Å². The highest BCUT2D eigenvalue weighted by Crippen LogP contribution is 2.02. The number of rotatable bonds is 3. The second-order valence-corrected chi connectivity index (χ2v) is 4.34. The van der Waals surface area contributed by atoms with Gasteiger partial charge in [-0.1, -0.05) is 0 Å². The summed E-state index contributed by atoms with van der Waals surface area (Å²) < 4.78 is 0.944. The Morgan fingerprint density at radius 1 is 1.37 bits per heavy atom. The molecule has 8 heteroatoms. The number of hydrogen-bond acceptors (Lipinski definition) is 4. The van der Waals surface area contributed by atoms with Crippen LogP contribution in [0, 0.1) is 0 Å². The van der Waals surface area contributed by atoms with Crippen molar-refractivity contribution in [2.75, 3.05) is 6.54 Å². The zero-order valence-electron chi connectivity index (χ0n) is 10.1. The van der Waals surface area contributed by atoms with Crippen LogP contribution in [0.3, 0.4) is 0 Å². The standard InChI is InChI=1S/C11H14N4O4/c16-8-2-1-7(5-12-8)13-10(18)6-15-11(19)4-3-9(17)14-15/h3-4,7H,1-2,5-6H2,(H,12,16)(H,13,18)(H,14,17). The number of carbonyl (C=O) groups is 2. The lowest BCUT2D eigenvalue weighted by atomic mass is 10.1. The molecule has 0 saturated carbocycles. The first-order valence-corrected chi connectivity index (χ1v) is 5.91. The van der Waals surface area contributed by atoms with Gasteiger partial charge in [-0.25, -0.2) is 4.68 Å². The number of aromatic nitrogens is 2. The summed E-state index contributed by atoms with van der Waals surface area (Å²) in [7, 11) is 0. The maximum absolute atomic E-state index is 11.7. The summed E-state index contributed by atoms with van der Waals surface area (Å²) in [5.74, 6) is -0.417. The molecular weight excluding hydrogens is 252 g/mol. The molecule has 1 atom stereocenters. The van der Waals surface area contributed by atoms with E-state index < -0.39 is 11.1 Å². The monoisotopic (exact) mass is 266 g/mol. The van der Waals surface area contributed by atoms with Gasteiger partial charge in [-0.05, 0) is 6.42 Å². The fourth-order valence-electron chi connectivity index (χ4n) is 1.85. The molecule has 1 aromatic rings. The highest BCUT2D eigenvalue weighted by molar-refractivity contribution is 5.78. The molecule has 19 heavy (non-hydrogen) atoms. The van der Waals surface area contributed by atoms with Crippen LogP contribution in [0.15, 0.2) is 21.7 Å². The van der Waals surface area contributed by atoms with Crippen LogP contribution in [0.25, 0.3) is 0 Å². The van der Waals surface area contributed by atoms with E-state index in [2.05, 4.69) is 15.7 Å². The van der Waals surface area contributed by atoms with E-state index in [1.165, 1.54) is 0 Å². The molecule has 1 saturated heterocycles. The zero-order valence-corrected chi connectivity index (χ0v) is 10.1. The van der Waals surface area contributed by atoms with E-state index in [4.69, 9.17) is 0 Å². The Hall–Kier alpha value is -2.38. The lowest BCUT2D eigenvalue weighted by Crippen LogP contribution is -2.49.